The molecule has 0 aliphatic carbocycles. The molecule has 28 heavy (non-hydrogen) atoms. The van der Waals surface area contributed by atoms with Crippen molar-refractivity contribution in [2.75, 3.05) is 31.7 Å². The maximum atomic E-state index is 10.2. The molecule has 0 saturated heterocycles. The van der Waals surface area contributed by atoms with Crippen molar-refractivity contribution in [2.45, 2.75) is 11.8 Å². The maximum Gasteiger partial charge on any atom is 0.142 e. The molecule has 2 aliphatic heterocycles. The minimum absolute atomic E-state index is 0.0962. The van der Waals surface area contributed by atoms with Gasteiger partial charge in [0.15, 0.2) is 0 Å². The first-order valence-corrected chi connectivity index (χ1v) is 9.69. The number of anilines is 1. The van der Waals surface area contributed by atoms with Gasteiger partial charge in [0.05, 0.1) is 18.8 Å². The third-order valence-electron chi connectivity index (χ3n) is 5.81. The van der Waals surface area contributed by atoms with E-state index in [-0.39, 0.29) is 17.6 Å². The molecule has 2 heterocycles. The van der Waals surface area contributed by atoms with Crippen LogP contribution in [0.2, 0.25) is 0 Å². The van der Waals surface area contributed by atoms with Crippen LogP contribution in [0.4, 0.5) is 5.69 Å². The second kappa shape index (κ2) is 6.79. The Hall–Kier alpha value is -3.14. The lowest BCUT2D eigenvalue weighted by atomic mass is 9.75. The van der Waals surface area contributed by atoms with Crippen LogP contribution in [-0.2, 0) is 0 Å². The molecule has 0 aromatic heterocycles. The molecule has 0 saturated carbocycles. The zero-order valence-corrected chi connectivity index (χ0v) is 15.8. The molecule has 0 fully saturated rings. The molecule has 4 heteroatoms. The van der Waals surface area contributed by atoms with Gasteiger partial charge < -0.3 is 19.5 Å². The van der Waals surface area contributed by atoms with Gasteiger partial charge in [0.1, 0.15) is 23.9 Å². The van der Waals surface area contributed by atoms with E-state index in [9.17, 15) is 5.11 Å². The van der Waals surface area contributed by atoms with Crippen LogP contribution in [0.1, 0.15) is 28.5 Å². The number of benzene rings is 3. The van der Waals surface area contributed by atoms with Gasteiger partial charge in [-0.05, 0) is 41.5 Å². The predicted octanol–water partition coefficient (Wildman–Crippen LogP) is 4.53. The van der Waals surface area contributed by atoms with Crippen LogP contribution in [0.15, 0.2) is 66.7 Å². The topological polar surface area (TPSA) is 41.9 Å². The van der Waals surface area contributed by atoms with Crippen LogP contribution in [0.5, 0.6) is 17.2 Å². The Morgan fingerprint density at radius 1 is 0.893 bits per heavy atom. The summed E-state index contributed by atoms with van der Waals surface area (Å²) in [5, 5.41) is 10.2. The van der Waals surface area contributed by atoms with Crippen LogP contribution in [-0.4, -0.2) is 31.9 Å². The largest absolute Gasteiger partial charge is 0.508 e. The minimum atomic E-state index is 0.0962. The van der Waals surface area contributed by atoms with Crippen LogP contribution < -0.4 is 14.4 Å². The summed E-state index contributed by atoms with van der Waals surface area (Å²) >= 11 is 0. The summed E-state index contributed by atoms with van der Waals surface area (Å²) in [7, 11) is 2.10. The molecule has 1 N–H and O–H groups in total. The smallest absolute Gasteiger partial charge is 0.142 e. The van der Waals surface area contributed by atoms with Crippen molar-refractivity contribution in [1.29, 1.82) is 0 Å². The third-order valence-corrected chi connectivity index (χ3v) is 5.81. The highest BCUT2D eigenvalue weighted by Gasteiger charge is 2.34. The number of phenols is 1. The van der Waals surface area contributed by atoms with Crippen molar-refractivity contribution in [2.24, 2.45) is 0 Å². The van der Waals surface area contributed by atoms with Crippen molar-refractivity contribution in [1.82, 2.24) is 0 Å². The van der Waals surface area contributed by atoms with E-state index >= 15 is 0 Å². The van der Waals surface area contributed by atoms with Crippen molar-refractivity contribution in [3.05, 3.63) is 83.4 Å². The molecule has 3 aromatic carbocycles. The third kappa shape index (κ3) is 2.85. The Morgan fingerprint density at radius 3 is 2.57 bits per heavy atom. The van der Waals surface area contributed by atoms with E-state index in [4.69, 9.17) is 9.47 Å². The van der Waals surface area contributed by atoms with Gasteiger partial charge in [0.25, 0.3) is 0 Å². The van der Waals surface area contributed by atoms with E-state index < -0.39 is 0 Å². The van der Waals surface area contributed by atoms with E-state index in [1.54, 1.807) is 6.07 Å². The fourth-order valence-corrected chi connectivity index (χ4v) is 4.36. The number of hydrogen-bond donors (Lipinski definition) is 1. The molecule has 0 radical (unpaired) electrons. The number of likely N-dealkylation sites (N-methyl/N-ethyl adjacent to an activating group) is 1. The normalized spacial score (nSPS) is 20.5. The average molecular weight is 373 g/mol. The lowest BCUT2D eigenvalue weighted by molar-refractivity contribution is 0.248. The van der Waals surface area contributed by atoms with Crippen molar-refractivity contribution in [3.8, 4) is 17.2 Å². The zero-order valence-electron chi connectivity index (χ0n) is 15.8. The Morgan fingerprint density at radius 2 is 1.71 bits per heavy atom. The van der Waals surface area contributed by atoms with Crippen LogP contribution >= 0.6 is 0 Å². The van der Waals surface area contributed by atoms with Gasteiger partial charge in [-0.15, -0.1) is 0 Å². The van der Waals surface area contributed by atoms with Gasteiger partial charge in [0, 0.05) is 24.4 Å². The molecule has 0 amide bonds. The van der Waals surface area contributed by atoms with Crippen LogP contribution in [0, 0.1) is 0 Å². The second-order valence-corrected chi connectivity index (χ2v) is 7.53. The predicted molar refractivity (Wildman–Crippen MR) is 110 cm³/mol. The van der Waals surface area contributed by atoms with Crippen molar-refractivity contribution in [3.63, 3.8) is 0 Å². The fraction of sp³-hybridized carbons (Fsp3) is 0.250. The highest BCUT2D eigenvalue weighted by molar-refractivity contribution is 5.63. The Labute approximate surface area is 165 Å². The molecule has 0 bridgehead atoms. The Balaban J connectivity index is 1.67. The summed E-state index contributed by atoms with van der Waals surface area (Å²) in [6, 6.07) is 22.3. The zero-order chi connectivity index (χ0) is 19.1. The summed E-state index contributed by atoms with van der Waals surface area (Å²) < 4.78 is 11.9. The number of nitrogens with zero attached hydrogens (tertiary/aromatic N) is 1. The lowest BCUT2D eigenvalue weighted by Crippen LogP contribution is -2.29. The van der Waals surface area contributed by atoms with Crippen molar-refractivity contribution >= 4 is 5.69 Å². The maximum absolute atomic E-state index is 10.2. The number of phenolic OH excluding ortho intramolecular Hbond substituents is 1. The highest BCUT2D eigenvalue weighted by atomic mass is 16.5. The van der Waals surface area contributed by atoms with E-state index in [0.717, 1.165) is 29.3 Å². The van der Waals surface area contributed by atoms with Gasteiger partial charge in [0.2, 0.25) is 0 Å². The number of aromatic hydroxyl groups is 1. The van der Waals surface area contributed by atoms with E-state index in [1.165, 1.54) is 11.1 Å². The number of hydrogen-bond acceptors (Lipinski definition) is 4. The molecule has 5 rings (SSSR count). The molecule has 1 unspecified atom stereocenters. The standard InChI is InChI=1S/C24H23NO3/c1-25-11-12-27-23-9-7-17(13-21(23)25)24-19-14-18(26)8-10-22(19)28-15-20(24)16-5-3-2-4-6-16/h2-10,13-14,20,24,26H,11-12,15H2,1H3/t20-,24?/m1/s1. The van der Waals surface area contributed by atoms with E-state index in [1.807, 2.05) is 18.2 Å². The lowest BCUT2D eigenvalue weighted by Gasteiger charge is -2.36. The summed E-state index contributed by atoms with van der Waals surface area (Å²) in [4.78, 5) is 2.24. The number of ether oxygens (including phenoxy) is 2. The molecule has 2 atom stereocenters. The molecular formula is C24H23NO3. The Kier molecular flexibility index (Phi) is 4.12. The van der Waals surface area contributed by atoms with Gasteiger partial charge in [-0.2, -0.15) is 0 Å². The monoisotopic (exact) mass is 373 g/mol. The molecule has 2 aliphatic rings. The number of fused-ring (bicyclic) bond motifs is 2. The van der Waals surface area contributed by atoms with Gasteiger partial charge >= 0.3 is 0 Å². The fourth-order valence-electron chi connectivity index (χ4n) is 4.36. The first-order valence-electron chi connectivity index (χ1n) is 9.69. The Bertz CT molecular complexity index is 1000. The van der Waals surface area contributed by atoms with E-state index in [0.29, 0.717) is 13.2 Å². The molecule has 142 valence electrons. The highest BCUT2D eigenvalue weighted by Crippen LogP contribution is 2.48. The molecular weight excluding hydrogens is 350 g/mol. The molecule has 3 aromatic rings. The molecule has 0 spiro atoms. The summed E-state index contributed by atoms with van der Waals surface area (Å²) in [5.74, 6) is 2.30. The van der Waals surface area contributed by atoms with Crippen molar-refractivity contribution < 1.29 is 14.6 Å². The summed E-state index contributed by atoms with van der Waals surface area (Å²) in [6.07, 6.45) is 0. The summed E-state index contributed by atoms with van der Waals surface area (Å²) in [5.41, 5.74) is 4.59. The first-order chi connectivity index (χ1) is 13.7. The van der Waals surface area contributed by atoms with Gasteiger partial charge in [-0.3, -0.25) is 0 Å². The quantitative estimate of drug-likeness (QED) is 0.717. The van der Waals surface area contributed by atoms with Crippen LogP contribution in [0.25, 0.3) is 0 Å². The van der Waals surface area contributed by atoms with E-state index in [2.05, 4.69) is 54.4 Å². The first kappa shape index (κ1) is 17.0. The van der Waals surface area contributed by atoms with Gasteiger partial charge in [-0.1, -0.05) is 36.4 Å². The average Bonchev–Trinajstić information content (AvgIpc) is 2.73. The SMILES string of the molecule is CN1CCOc2ccc(C3c4cc(O)ccc4OC[C@@H]3c3ccccc3)cc21. The van der Waals surface area contributed by atoms with Gasteiger partial charge in [-0.25, -0.2) is 0 Å². The van der Waals surface area contributed by atoms with Crippen LogP contribution in [0.3, 0.4) is 0 Å². The number of rotatable bonds is 2. The second-order valence-electron chi connectivity index (χ2n) is 7.53. The molecule has 4 nitrogen and oxygen atoms in total. The summed E-state index contributed by atoms with van der Waals surface area (Å²) in [6.45, 7) is 2.20. The minimum Gasteiger partial charge on any atom is -0.508 e.